The second kappa shape index (κ2) is 6.34. The van der Waals surface area contributed by atoms with Gasteiger partial charge in [-0.3, -0.25) is 9.69 Å². The Balaban J connectivity index is 2.03. The van der Waals surface area contributed by atoms with Gasteiger partial charge in [-0.1, -0.05) is 6.92 Å². The van der Waals surface area contributed by atoms with Gasteiger partial charge in [0, 0.05) is 43.2 Å². The van der Waals surface area contributed by atoms with E-state index in [4.69, 9.17) is 0 Å². The van der Waals surface area contributed by atoms with E-state index in [0.717, 1.165) is 25.2 Å². The number of nitrogens with zero attached hydrogens (tertiary/aromatic N) is 2. The molecule has 3 rings (SSSR count). The van der Waals surface area contributed by atoms with Gasteiger partial charge in [0.2, 0.25) is 0 Å². The lowest BCUT2D eigenvalue weighted by molar-refractivity contribution is -0.139. The molecule has 1 aromatic heterocycles. The van der Waals surface area contributed by atoms with E-state index in [2.05, 4.69) is 47.1 Å². The first-order valence-corrected chi connectivity index (χ1v) is 8.31. The maximum absolute atomic E-state index is 11.5. The van der Waals surface area contributed by atoms with E-state index < -0.39 is 12.0 Å². The second-order valence-electron chi connectivity index (χ2n) is 6.40. The van der Waals surface area contributed by atoms with Gasteiger partial charge in [-0.05, 0) is 49.3 Å². The number of fused-ring (bicyclic) bond motifs is 2. The lowest BCUT2D eigenvalue weighted by Crippen LogP contribution is -2.38. The van der Waals surface area contributed by atoms with Crippen molar-refractivity contribution in [1.29, 1.82) is 0 Å². The average Bonchev–Trinajstić information content (AvgIpc) is 3.03. The number of aryl methyl sites for hydroxylation is 1. The highest BCUT2D eigenvalue weighted by Crippen LogP contribution is 2.30. The topological polar surface area (TPSA) is 57.5 Å². The molecule has 5 heteroatoms. The molecule has 2 aromatic rings. The van der Waals surface area contributed by atoms with E-state index in [1.54, 1.807) is 0 Å². The van der Waals surface area contributed by atoms with Crippen molar-refractivity contribution in [2.24, 2.45) is 0 Å². The standard InChI is InChI=1S/C18H25N3O2/c1-4-19-16(18(22)23)7-14-11-21(5-2)17-8-13-10-20(3)9-12(13)6-15(14)17/h6,8,11,16,19H,4-5,7,9-10H2,1-3H3,(H,22,23). The first-order chi connectivity index (χ1) is 11.0. The lowest BCUT2D eigenvalue weighted by atomic mass is 10.0. The molecule has 0 fully saturated rings. The summed E-state index contributed by atoms with van der Waals surface area (Å²) in [7, 11) is 2.13. The number of hydrogen-bond acceptors (Lipinski definition) is 3. The molecule has 1 aliphatic rings. The summed E-state index contributed by atoms with van der Waals surface area (Å²) in [6.07, 6.45) is 2.64. The Labute approximate surface area is 136 Å². The summed E-state index contributed by atoms with van der Waals surface area (Å²) in [6, 6.07) is 4.01. The molecule has 0 saturated carbocycles. The van der Waals surface area contributed by atoms with Crippen LogP contribution in [0.4, 0.5) is 0 Å². The molecule has 0 saturated heterocycles. The summed E-state index contributed by atoms with van der Waals surface area (Å²) in [6.45, 7) is 7.57. The van der Waals surface area contributed by atoms with Crippen molar-refractivity contribution in [3.8, 4) is 0 Å². The molecule has 23 heavy (non-hydrogen) atoms. The highest BCUT2D eigenvalue weighted by Gasteiger charge is 2.22. The number of benzene rings is 1. The van der Waals surface area contributed by atoms with E-state index in [1.165, 1.54) is 22.0 Å². The number of aromatic nitrogens is 1. The molecule has 0 amide bonds. The smallest absolute Gasteiger partial charge is 0.321 e. The van der Waals surface area contributed by atoms with Crippen molar-refractivity contribution in [3.63, 3.8) is 0 Å². The molecule has 0 radical (unpaired) electrons. The molecule has 0 bridgehead atoms. The van der Waals surface area contributed by atoms with Crippen LogP contribution in [0.1, 0.15) is 30.5 Å². The molecular formula is C18H25N3O2. The van der Waals surface area contributed by atoms with Crippen molar-refractivity contribution in [2.45, 2.75) is 45.9 Å². The highest BCUT2D eigenvalue weighted by molar-refractivity contribution is 5.87. The van der Waals surface area contributed by atoms with Crippen LogP contribution in [0.2, 0.25) is 0 Å². The monoisotopic (exact) mass is 315 g/mol. The first kappa shape index (κ1) is 16.0. The molecule has 1 unspecified atom stereocenters. The largest absolute Gasteiger partial charge is 0.480 e. The summed E-state index contributed by atoms with van der Waals surface area (Å²) in [5.41, 5.74) is 5.09. The molecular weight excluding hydrogens is 290 g/mol. The Hall–Kier alpha value is -1.85. The maximum Gasteiger partial charge on any atom is 0.321 e. The molecule has 1 aromatic carbocycles. The van der Waals surface area contributed by atoms with Gasteiger partial charge in [-0.15, -0.1) is 0 Å². The molecule has 124 valence electrons. The first-order valence-electron chi connectivity index (χ1n) is 8.31. The van der Waals surface area contributed by atoms with Gasteiger partial charge in [0.1, 0.15) is 6.04 Å². The zero-order valence-electron chi connectivity index (χ0n) is 14.1. The Kier molecular flexibility index (Phi) is 4.41. The van der Waals surface area contributed by atoms with Gasteiger partial charge in [0.25, 0.3) is 0 Å². The molecule has 2 heterocycles. The normalized spacial score (nSPS) is 16.0. The quantitative estimate of drug-likeness (QED) is 0.858. The number of nitrogens with one attached hydrogen (secondary N) is 1. The molecule has 1 atom stereocenters. The second-order valence-corrected chi connectivity index (χ2v) is 6.40. The third-order valence-corrected chi connectivity index (χ3v) is 4.68. The maximum atomic E-state index is 11.5. The lowest BCUT2D eigenvalue weighted by Gasteiger charge is -2.12. The van der Waals surface area contributed by atoms with Crippen LogP contribution < -0.4 is 5.32 Å². The molecule has 5 nitrogen and oxygen atoms in total. The predicted octanol–water partition coefficient (Wildman–Crippen LogP) is 2.21. The fraction of sp³-hybridized carbons (Fsp3) is 0.500. The number of hydrogen-bond donors (Lipinski definition) is 2. The third-order valence-electron chi connectivity index (χ3n) is 4.68. The minimum absolute atomic E-state index is 0.515. The fourth-order valence-corrected chi connectivity index (χ4v) is 3.57. The van der Waals surface area contributed by atoms with Crippen molar-refractivity contribution >= 4 is 16.9 Å². The van der Waals surface area contributed by atoms with Crippen LogP contribution in [-0.4, -0.2) is 40.2 Å². The Morgan fingerprint density at radius 1 is 1.30 bits per heavy atom. The predicted molar refractivity (Wildman–Crippen MR) is 91.6 cm³/mol. The van der Waals surface area contributed by atoms with Crippen molar-refractivity contribution in [1.82, 2.24) is 14.8 Å². The molecule has 0 spiro atoms. The number of carboxylic acid groups (broad SMARTS) is 1. The van der Waals surface area contributed by atoms with Crippen molar-refractivity contribution < 1.29 is 9.90 Å². The molecule has 2 N–H and O–H groups in total. The van der Waals surface area contributed by atoms with Crippen LogP contribution in [0.5, 0.6) is 0 Å². The number of carboxylic acids is 1. The molecule has 0 aliphatic carbocycles. The van der Waals surface area contributed by atoms with Crippen molar-refractivity contribution in [3.05, 3.63) is 35.0 Å². The van der Waals surface area contributed by atoms with Gasteiger partial charge < -0.3 is 15.0 Å². The zero-order chi connectivity index (χ0) is 16.6. The zero-order valence-corrected chi connectivity index (χ0v) is 14.1. The van der Waals surface area contributed by atoms with E-state index in [9.17, 15) is 9.90 Å². The number of carbonyl (C=O) groups is 1. The fourth-order valence-electron chi connectivity index (χ4n) is 3.57. The minimum Gasteiger partial charge on any atom is -0.480 e. The van der Waals surface area contributed by atoms with Crippen LogP contribution in [0.15, 0.2) is 18.3 Å². The van der Waals surface area contributed by atoms with E-state index in [1.807, 2.05) is 6.92 Å². The van der Waals surface area contributed by atoms with Crippen LogP contribution in [0.3, 0.4) is 0 Å². The van der Waals surface area contributed by atoms with Crippen LogP contribution in [0, 0.1) is 0 Å². The Morgan fingerprint density at radius 2 is 2.00 bits per heavy atom. The van der Waals surface area contributed by atoms with Gasteiger partial charge in [-0.2, -0.15) is 0 Å². The van der Waals surface area contributed by atoms with Crippen LogP contribution in [-0.2, 0) is 30.8 Å². The van der Waals surface area contributed by atoms with Gasteiger partial charge >= 0.3 is 5.97 Å². The Bertz CT molecular complexity index is 735. The van der Waals surface area contributed by atoms with Crippen LogP contribution >= 0.6 is 0 Å². The van der Waals surface area contributed by atoms with Gasteiger partial charge in [0.15, 0.2) is 0 Å². The number of rotatable bonds is 6. The molecule has 1 aliphatic heterocycles. The van der Waals surface area contributed by atoms with Crippen LogP contribution in [0.25, 0.3) is 10.9 Å². The van der Waals surface area contributed by atoms with Gasteiger partial charge in [0.05, 0.1) is 0 Å². The van der Waals surface area contributed by atoms with E-state index in [0.29, 0.717) is 13.0 Å². The van der Waals surface area contributed by atoms with E-state index in [-0.39, 0.29) is 0 Å². The highest BCUT2D eigenvalue weighted by atomic mass is 16.4. The summed E-state index contributed by atoms with van der Waals surface area (Å²) in [5.74, 6) is -0.787. The van der Waals surface area contributed by atoms with Crippen molar-refractivity contribution in [2.75, 3.05) is 13.6 Å². The van der Waals surface area contributed by atoms with Gasteiger partial charge in [-0.25, -0.2) is 0 Å². The average molecular weight is 315 g/mol. The third kappa shape index (κ3) is 2.99. The number of likely N-dealkylation sites (N-methyl/N-ethyl adjacent to an activating group) is 1. The summed E-state index contributed by atoms with van der Waals surface area (Å²) in [5, 5.41) is 13.7. The SMILES string of the molecule is CCNC(Cc1cn(CC)c2cc3c(cc12)CN(C)C3)C(=O)O. The van der Waals surface area contributed by atoms with E-state index >= 15 is 0 Å². The summed E-state index contributed by atoms with van der Waals surface area (Å²) in [4.78, 5) is 13.8. The summed E-state index contributed by atoms with van der Waals surface area (Å²) < 4.78 is 2.23. The Morgan fingerprint density at radius 3 is 2.61 bits per heavy atom. The summed E-state index contributed by atoms with van der Waals surface area (Å²) >= 11 is 0. The minimum atomic E-state index is -0.787. The number of aliphatic carboxylic acids is 1.